The lowest BCUT2D eigenvalue weighted by atomic mass is 10.0. The average molecular weight is 886 g/mol. The number of likely N-dealkylation sites (tertiary alicyclic amines) is 1. The van der Waals surface area contributed by atoms with Gasteiger partial charge in [0, 0.05) is 37.7 Å². The molecular weight excluding hydrogens is 823 g/mol. The number of nitrogens with two attached hydrogens (primary N) is 3. The quantitative estimate of drug-likeness (QED) is 0.0437. The number of aliphatic hydroxyl groups excluding tert-OH is 1. The van der Waals surface area contributed by atoms with Gasteiger partial charge in [-0.25, -0.2) is 9.78 Å². The van der Waals surface area contributed by atoms with E-state index in [4.69, 9.17) is 17.2 Å². The highest BCUT2D eigenvalue weighted by molar-refractivity contribution is 5.97. The lowest BCUT2D eigenvalue weighted by Crippen LogP contribution is -2.61. The first-order valence-corrected chi connectivity index (χ1v) is 21.0. The fourth-order valence-electron chi connectivity index (χ4n) is 7.06. The molecule has 1 aromatic heterocycles. The summed E-state index contributed by atoms with van der Waals surface area (Å²) in [5.74, 6) is -7.11. The molecular formula is C41H63N11O11. The van der Waals surface area contributed by atoms with Crippen LogP contribution in [0.3, 0.4) is 0 Å². The summed E-state index contributed by atoms with van der Waals surface area (Å²) in [6.45, 7) is 5.34. The molecule has 8 atom stereocenters. The summed E-state index contributed by atoms with van der Waals surface area (Å²) in [4.78, 5) is 114. The molecule has 0 unspecified atom stereocenters. The van der Waals surface area contributed by atoms with Crippen molar-refractivity contribution >= 4 is 47.3 Å². The summed E-state index contributed by atoms with van der Waals surface area (Å²) in [5.41, 5.74) is 18.4. The van der Waals surface area contributed by atoms with E-state index in [-0.39, 0.29) is 63.3 Å². The molecule has 0 bridgehead atoms. The first-order valence-electron chi connectivity index (χ1n) is 21.0. The largest absolute Gasteiger partial charge is 0.508 e. The van der Waals surface area contributed by atoms with Crippen molar-refractivity contribution in [1.29, 1.82) is 0 Å². The van der Waals surface area contributed by atoms with Crippen molar-refractivity contribution < 1.29 is 53.7 Å². The number of H-pyrrole nitrogens is 1. The number of aromatic amines is 1. The third-order valence-electron chi connectivity index (χ3n) is 10.4. The molecule has 1 aliphatic rings. The fraction of sp³-hybridized carbons (Fsp3) is 0.585. The number of aliphatic carboxylic acids is 1. The molecule has 22 heteroatoms. The van der Waals surface area contributed by atoms with Crippen LogP contribution in [-0.2, 0) is 51.2 Å². The van der Waals surface area contributed by atoms with Crippen LogP contribution in [0.25, 0.3) is 0 Å². The molecule has 15 N–H and O–H groups in total. The lowest BCUT2D eigenvalue weighted by molar-refractivity contribution is -0.143. The molecule has 0 spiro atoms. The number of rotatable bonds is 26. The number of aromatic nitrogens is 2. The number of aliphatic hydroxyl groups is 1. The van der Waals surface area contributed by atoms with Gasteiger partial charge in [-0.05, 0) is 82.0 Å². The van der Waals surface area contributed by atoms with Gasteiger partial charge in [0.25, 0.3) is 0 Å². The zero-order valence-corrected chi connectivity index (χ0v) is 35.9. The number of unbranched alkanes of at least 4 members (excludes halogenated alkanes) is 1. The van der Waals surface area contributed by atoms with Gasteiger partial charge < -0.3 is 69.0 Å². The SMILES string of the molecule is CC(C)C[C@@H](NC(=O)[C@@H]1CCCN1C(=O)[C@H](N)Cc1cnc[nH]1)C(=O)N[C@@H](CCC(N)=O)C(=O)N[C@@H](CCCCN)C(=O)N[C@H](C(=O)N[C@H](Cc1ccc(O)cc1)C(=O)O)[C@@H](C)O. The first-order chi connectivity index (χ1) is 29.8. The van der Waals surface area contributed by atoms with Crippen LogP contribution in [0.1, 0.15) is 83.4 Å². The Kier molecular flexibility index (Phi) is 20.4. The zero-order chi connectivity index (χ0) is 46.8. The maximum atomic E-state index is 13.9. The number of carboxylic acids is 1. The Morgan fingerprint density at radius 2 is 1.46 bits per heavy atom. The molecule has 1 saturated heterocycles. The molecule has 63 heavy (non-hydrogen) atoms. The van der Waals surface area contributed by atoms with E-state index in [2.05, 4.69) is 36.6 Å². The third kappa shape index (κ3) is 16.6. The number of amides is 7. The van der Waals surface area contributed by atoms with Crippen molar-refractivity contribution in [3.63, 3.8) is 0 Å². The van der Waals surface area contributed by atoms with E-state index >= 15 is 0 Å². The van der Waals surface area contributed by atoms with E-state index in [0.29, 0.717) is 36.9 Å². The van der Waals surface area contributed by atoms with Gasteiger partial charge in [-0.2, -0.15) is 0 Å². The molecule has 2 heterocycles. The molecule has 3 rings (SSSR count). The minimum absolute atomic E-state index is 0.0216. The molecule has 348 valence electrons. The van der Waals surface area contributed by atoms with Gasteiger partial charge in [-0.3, -0.25) is 33.6 Å². The predicted octanol–water partition coefficient (Wildman–Crippen LogP) is -2.45. The van der Waals surface area contributed by atoms with Crippen molar-refractivity contribution in [1.82, 2.24) is 41.5 Å². The Hall–Kier alpha value is -6.13. The number of phenolic OH excluding ortho intramolecular Hbond substituents is 1. The molecule has 2 aromatic rings. The maximum absolute atomic E-state index is 13.9. The number of nitrogens with one attached hydrogen (secondary N) is 6. The molecule has 22 nitrogen and oxygen atoms in total. The molecule has 1 fully saturated rings. The van der Waals surface area contributed by atoms with Gasteiger partial charge in [-0.15, -0.1) is 0 Å². The van der Waals surface area contributed by atoms with Gasteiger partial charge in [-0.1, -0.05) is 26.0 Å². The van der Waals surface area contributed by atoms with Crippen molar-refractivity contribution in [2.45, 2.75) is 133 Å². The molecule has 0 radical (unpaired) electrons. The van der Waals surface area contributed by atoms with Gasteiger partial charge in [0.1, 0.15) is 42.0 Å². The smallest absolute Gasteiger partial charge is 0.326 e. The zero-order valence-electron chi connectivity index (χ0n) is 35.9. The van der Waals surface area contributed by atoms with E-state index in [9.17, 15) is 53.7 Å². The summed E-state index contributed by atoms with van der Waals surface area (Å²) in [6, 6.07) is -3.46. The molecule has 1 aromatic carbocycles. The number of nitrogens with zero attached hydrogens (tertiary/aromatic N) is 2. The summed E-state index contributed by atoms with van der Waals surface area (Å²) in [7, 11) is 0. The van der Waals surface area contributed by atoms with E-state index in [0.717, 1.165) is 0 Å². The number of aromatic hydroxyl groups is 1. The monoisotopic (exact) mass is 885 g/mol. The van der Waals surface area contributed by atoms with Gasteiger partial charge in [0.05, 0.1) is 18.5 Å². The fourth-order valence-corrected chi connectivity index (χ4v) is 7.06. The van der Waals surface area contributed by atoms with E-state index < -0.39 is 95.7 Å². The Labute approximate surface area is 365 Å². The normalized spacial score (nSPS) is 17.0. The van der Waals surface area contributed by atoms with Crippen LogP contribution in [0.15, 0.2) is 36.8 Å². The van der Waals surface area contributed by atoms with Crippen LogP contribution in [0, 0.1) is 5.92 Å². The summed E-state index contributed by atoms with van der Waals surface area (Å²) in [5, 5.41) is 42.5. The Balaban J connectivity index is 1.78. The highest BCUT2D eigenvalue weighted by Gasteiger charge is 2.39. The van der Waals surface area contributed by atoms with Crippen LogP contribution < -0.4 is 43.8 Å². The second-order valence-corrected chi connectivity index (χ2v) is 16.2. The number of carboxylic acid groups (broad SMARTS) is 1. The second-order valence-electron chi connectivity index (χ2n) is 16.2. The van der Waals surface area contributed by atoms with Crippen LogP contribution >= 0.6 is 0 Å². The minimum atomic E-state index is -1.68. The standard InChI is InChI=1S/C41H63N11O11/c1-22(2)17-30(49-38(59)32-8-6-16-52(32)40(61)27(43)19-25-20-45-21-46-25)37(58)48-29(13-14-33(44)55)35(56)47-28(7-4-5-15-42)36(57)51-34(23(3)53)39(60)50-31(41(62)63)18-24-9-11-26(54)12-10-24/h9-12,20-23,27-32,34,53-54H,4-8,13-19,42-43H2,1-3H3,(H2,44,55)(H,45,46)(H,47,56)(H,48,58)(H,49,59)(H,50,60)(H,51,57)(H,62,63)/t23-,27-,28+,29+,30-,31-,32+,34+/m1/s1. The number of carbonyl (C=O) groups is 8. The number of hydrogen-bond donors (Lipinski definition) is 12. The van der Waals surface area contributed by atoms with E-state index in [1.54, 1.807) is 6.20 Å². The van der Waals surface area contributed by atoms with Crippen molar-refractivity contribution in [3.8, 4) is 5.75 Å². The number of phenols is 1. The number of hydrogen-bond acceptors (Lipinski definition) is 13. The molecule has 0 aliphatic carbocycles. The number of primary amides is 1. The molecule has 7 amide bonds. The first kappa shape index (κ1) is 51.2. The average Bonchev–Trinajstić information content (AvgIpc) is 3.93. The van der Waals surface area contributed by atoms with Gasteiger partial charge >= 0.3 is 5.97 Å². The summed E-state index contributed by atoms with van der Waals surface area (Å²) in [6.07, 6.45) is 2.44. The second kappa shape index (κ2) is 25.1. The summed E-state index contributed by atoms with van der Waals surface area (Å²) < 4.78 is 0. The Morgan fingerprint density at radius 3 is 2.03 bits per heavy atom. The highest BCUT2D eigenvalue weighted by Crippen LogP contribution is 2.20. The van der Waals surface area contributed by atoms with Crippen LogP contribution in [0.4, 0.5) is 0 Å². The third-order valence-corrected chi connectivity index (χ3v) is 10.4. The van der Waals surface area contributed by atoms with Gasteiger partial charge in [0.15, 0.2) is 0 Å². The lowest BCUT2D eigenvalue weighted by Gasteiger charge is -2.30. The van der Waals surface area contributed by atoms with E-state index in [1.807, 2.05) is 13.8 Å². The Bertz CT molecular complexity index is 1860. The molecule has 0 saturated carbocycles. The van der Waals surface area contributed by atoms with Gasteiger partial charge in [0.2, 0.25) is 41.4 Å². The van der Waals surface area contributed by atoms with Crippen LogP contribution in [0.5, 0.6) is 5.75 Å². The minimum Gasteiger partial charge on any atom is -0.508 e. The van der Waals surface area contributed by atoms with Crippen LogP contribution in [0.2, 0.25) is 0 Å². The number of benzene rings is 1. The van der Waals surface area contributed by atoms with Crippen molar-refractivity contribution in [2.75, 3.05) is 13.1 Å². The topological polar surface area (TPSA) is 367 Å². The van der Waals surface area contributed by atoms with Crippen molar-refractivity contribution in [2.24, 2.45) is 23.1 Å². The van der Waals surface area contributed by atoms with E-state index in [1.165, 1.54) is 42.4 Å². The molecule has 1 aliphatic heterocycles. The van der Waals surface area contributed by atoms with Crippen LogP contribution in [-0.4, -0.2) is 139 Å². The summed E-state index contributed by atoms with van der Waals surface area (Å²) >= 11 is 0. The number of carbonyl (C=O) groups excluding carboxylic acids is 7. The number of imidazole rings is 1. The predicted molar refractivity (Wildman–Crippen MR) is 227 cm³/mol. The Morgan fingerprint density at radius 1 is 0.841 bits per heavy atom. The van der Waals surface area contributed by atoms with Crippen molar-refractivity contribution in [3.05, 3.63) is 48.0 Å². The highest BCUT2D eigenvalue weighted by atomic mass is 16.4. The maximum Gasteiger partial charge on any atom is 0.326 e.